The molecule has 1 fully saturated rings. The summed E-state index contributed by atoms with van der Waals surface area (Å²) in [6, 6.07) is 8.40. The molecule has 3 heteroatoms. The standard InChI is InChI=1S/C18H27NO2/c1-3-19(16-10-8-15(2)9-11-16)14-18(17(20)21)12-6-4-5-7-13-18/h8-11H,3-7,12-14H2,1-2H3,(H,20,21). The van der Waals surface area contributed by atoms with Crippen molar-refractivity contribution in [2.75, 3.05) is 18.0 Å². The molecule has 0 amide bonds. The highest BCUT2D eigenvalue weighted by Gasteiger charge is 2.40. The van der Waals surface area contributed by atoms with Crippen LogP contribution < -0.4 is 4.90 Å². The van der Waals surface area contributed by atoms with Crippen LogP contribution in [0.15, 0.2) is 24.3 Å². The molecule has 2 rings (SSSR count). The lowest BCUT2D eigenvalue weighted by molar-refractivity contribution is -0.149. The molecule has 116 valence electrons. The number of aliphatic carboxylic acids is 1. The lowest BCUT2D eigenvalue weighted by Crippen LogP contribution is -2.43. The van der Waals surface area contributed by atoms with E-state index in [0.29, 0.717) is 6.54 Å². The van der Waals surface area contributed by atoms with E-state index in [9.17, 15) is 9.90 Å². The molecule has 1 aliphatic carbocycles. The van der Waals surface area contributed by atoms with Crippen LogP contribution in [-0.4, -0.2) is 24.2 Å². The van der Waals surface area contributed by atoms with Crippen molar-refractivity contribution in [3.63, 3.8) is 0 Å². The number of carboxylic acid groups (broad SMARTS) is 1. The first-order valence-electron chi connectivity index (χ1n) is 8.12. The monoisotopic (exact) mass is 289 g/mol. The maximum absolute atomic E-state index is 11.9. The summed E-state index contributed by atoms with van der Waals surface area (Å²) in [7, 11) is 0. The lowest BCUT2D eigenvalue weighted by atomic mass is 9.79. The van der Waals surface area contributed by atoms with Crippen LogP contribution in [0.5, 0.6) is 0 Å². The van der Waals surface area contributed by atoms with E-state index in [-0.39, 0.29) is 0 Å². The van der Waals surface area contributed by atoms with E-state index < -0.39 is 11.4 Å². The van der Waals surface area contributed by atoms with Gasteiger partial charge in [0.25, 0.3) is 0 Å². The molecule has 0 bridgehead atoms. The van der Waals surface area contributed by atoms with Crippen molar-refractivity contribution in [3.05, 3.63) is 29.8 Å². The highest BCUT2D eigenvalue weighted by molar-refractivity contribution is 5.75. The fourth-order valence-electron chi connectivity index (χ4n) is 3.35. The molecule has 0 heterocycles. The van der Waals surface area contributed by atoms with Gasteiger partial charge in [0, 0.05) is 18.8 Å². The SMILES string of the molecule is CCN(CC1(C(=O)O)CCCCCC1)c1ccc(C)cc1. The molecule has 0 unspecified atom stereocenters. The van der Waals surface area contributed by atoms with Crippen LogP contribution in [0.4, 0.5) is 5.69 Å². The minimum Gasteiger partial charge on any atom is -0.481 e. The molecule has 0 spiro atoms. The Kier molecular flexibility index (Phi) is 5.27. The minimum atomic E-state index is -0.616. The van der Waals surface area contributed by atoms with E-state index in [0.717, 1.165) is 37.9 Å². The predicted octanol–water partition coefficient (Wildman–Crippen LogP) is 4.25. The molecule has 1 N–H and O–H groups in total. The second-order valence-corrected chi connectivity index (χ2v) is 6.35. The van der Waals surface area contributed by atoms with E-state index in [1.54, 1.807) is 0 Å². The summed E-state index contributed by atoms with van der Waals surface area (Å²) in [5.74, 6) is -0.616. The maximum Gasteiger partial charge on any atom is 0.311 e. The predicted molar refractivity (Wildman–Crippen MR) is 86.8 cm³/mol. The van der Waals surface area contributed by atoms with Crippen molar-refractivity contribution in [1.29, 1.82) is 0 Å². The van der Waals surface area contributed by atoms with Crippen LogP contribution >= 0.6 is 0 Å². The number of aryl methyl sites for hydroxylation is 1. The number of anilines is 1. The Balaban J connectivity index is 2.20. The Morgan fingerprint density at radius 2 is 1.71 bits per heavy atom. The molecule has 21 heavy (non-hydrogen) atoms. The number of hydrogen-bond donors (Lipinski definition) is 1. The first-order valence-corrected chi connectivity index (χ1v) is 8.12. The van der Waals surface area contributed by atoms with Gasteiger partial charge in [-0.25, -0.2) is 0 Å². The van der Waals surface area contributed by atoms with Gasteiger partial charge >= 0.3 is 5.97 Å². The van der Waals surface area contributed by atoms with Crippen molar-refractivity contribution in [2.45, 2.75) is 52.4 Å². The largest absolute Gasteiger partial charge is 0.481 e. The van der Waals surface area contributed by atoms with Gasteiger partial charge in [-0.1, -0.05) is 43.4 Å². The van der Waals surface area contributed by atoms with Crippen molar-refractivity contribution in [1.82, 2.24) is 0 Å². The van der Waals surface area contributed by atoms with Crippen molar-refractivity contribution < 1.29 is 9.90 Å². The Morgan fingerprint density at radius 3 is 2.19 bits per heavy atom. The van der Waals surface area contributed by atoms with Crippen LogP contribution in [0.1, 0.15) is 51.0 Å². The average Bonchev–Trinajstić information content (AvgIpc) is 2.72. The molecule has 3 nitrogen and oxygen atoms in total. The summed E-state index contributed by atoms with van der Waals surface area (Å²) in [5, 5.41) is 9.82. The smallest absolute Gasteiger partial charge is 0.311 e. The summed E-state index contributed by atoms with van der Waals surface area (Å²) >= 11 is 0. The zero-order valence-corrected chi connectivity index (χ0v) is 13.3. The second kappa shape index (κ2) is 6.97. The van der Waals surface area contributed by atoms with Crippen LogP contribution in [0.25, 0.3) is 0 Å². The summed E-state index contributed by atoms with van der Waals surface area (Å²) in [5.41, 5.74) is 1.79. The summed E-state index contributed by atoms with van der Waals surface area (Å²) < 4.78 is 0. The van der Waals surface area contributed by atoms with Crippen molar-refractivity contribution in [2.24, 2.45) is 5.41 Å². The van der Waals surface area contributed by atoms with Gasteiger partial charge in [-0.05, 0) is 38.8 Å². The third-order valence-electron chi connectivity index (χ3n) is 4.79. The number of rotatable bonds is 5. The van der Waals surface area contributed by atoms with Crippen molar-refractivity contribution >= 4 is 11.7 Å². The number of benzene rings is 1. The first-order chi connectivity index (χ1) is 10.1. The van der Waals surface area contributed by atoms with Crippen LogP contribution in [0, 0.1) is 12.3 Å². The zero-order valence-electron chi connectivity index (χ0n) is 13.3. The molecular formula is C18H27NO2. The number of nitrogens with zero attached hydrogens (tertiary/aromatic N) is 1. The molecule has 0 saturated heterocycles. The molecular weight excluding hydrogens is 262 g/mol. The van der Waals surface area contributed by atoms with Gasteiger partial charge in [0.05, 0.1) is 5.41 Å². The van der Waals surface area contributed by atoms with Gasteiger partial charge in [0.1, 0.15) is 0 Å². The van der Waals surface area contributed by atoms with Gasteiger partial charge < -0.3 is 10.0 Å². The quantitative estimate of drug-likeness (QED) is 0.824. The Morgan fingerprint density at radius 1 is 1.14 bits per heavy atom. The third-order valence-corrected chi connectivity index (χ3v) is 4.79. The highest BCUT2D eigenvalue weighted by atomic mass is 16.4. The third kappa shape index (κ3) is 3.78. The zero-order chi connectivity index (χ0) is 15.3. The molecule has 0 aromatic heterocycles. The fourth-order valence-corrected chi connectivity index (χ4v) is 3.35. The Hall–Kier alpha value is -1.51. The maximum atomic E-state index is 11.9. The summed E-state index contributed by atoms with van der Waals surface area (Å²) in [4.78, 5) is 14.2. The van der Waals surface area contributed by atoms with Gasteiger partial charge in [0.15, 0.2) is 0 Å². The van der Waals surface area contributed by atoms with Crippen LogP contribution in [0.2, 0.25) is 0 Å². The summed E-state index contributed by atoms with van der Waals surface area (Å²) in [6.45, 7) is 5.65. The molecule has 0 atom stereocenters. The van der Waals surface area contributed by atoms with Crippen molar-refractivity contribution in [3.8, 4) is 0 Å². The normalized spacial score (nSPS) is 18.0. The average molecular weight is 289 g/mol. The van der Waals surface area contributed by atoms with E-state index in [4.69, 9.17) is 0 Å². The van der Waals surface area contributed by atoms with E-state index in [2.05, 4.69) is 43.0 Å². The van der Waals surface area contributed by atoms with Gasteiger partial charge in [-0.15, -0.1) is 0 Å². The van der Waals surface area contributed by atoms with E-state index >= 15 is 0 Å². The highest BCUT2D eigenvalue weighted by Crippen LogP contribution is 2.37. The second-order valence-electron chi connectivity index (χ2n) is 6.35. The molecule has 0 radical (unpaired) electrons. The van der Waals surface area contributed by atoms with E-state index in [1.807, 2.05) is 0 Å². The molecule has 1 aromatic rings. The van der Waals surface area contributed by atoms with Gasteiger partial charge in [-0.3, -0.25) is 4.79 Å². The van der Waals surface area contributed by atoms with Gasteiger partial charge in [0.2, 0.25) is 0 Å². The van der Waals surface area contributed by atoms with E-state index in [1.165, 1.54) is 18.4 Å². The lowest BCUT2D eigenvalue weighted by Gasteiger charge is -2.35. The molecule has 0 aliphatic heterocycles. The fraction of sp³-hybridized carbons (Fsp3) is 0.611. The number of carbonyl (C=O) groups is 1. The molecule has 1 aliphatic rings. The van der Waals surface area contributed by atoms with Crippen LogP contribution in [0.3, 0.4) is 0 Å². The first kappa shape index (κ1) is 15.9. The van der Waals surface area contributed by atoms with Crippen LogP contribution in [-0.2, 0) is 4.79 Å². The Labute approximate surface area is 128 Å². The Bertz CT molecular complexity index is 459. The minimum absolute atomic E-state index is 0.572. The molecule has 1 saturated carbocycles. The molecule has 1 aromatic carbocycles. The number of carboxylic acids is 1. The summed E-state index contributed by atoms with van der Waals surface area (Å²) in [6.07, 6.45) is 6.04. The number of hydrogen-bond acceptors (Lipinski definition) is 2. The van der Waals surface area contributed by atoms with Gasteiger partial charge in [-0.2, -0.15) is 0 Å². The topological polar surface area (TPSA) is 40.5 Å².